The number of amides is 1. The number of carbonyl (C=O) groups is 1. The van der Waals surface area contributed by atoms with Crippen molar-refractivity contribution in [3.63, 3.8) is 0 Å². The van der Waals surface area contributed by atoms with Crippen molar-refractivity contribution in [3.05, 3.63) is 59.9 Å². The average Bonchev–Trinajstić information content (AvgIpc) is 2.66. The zero-order chi connectivity index (χ0) is 18.6. The van der Waals surface area contributed by atoms with Gasteiger partial charge in [-0.05, 0) is 29.8 Å². The molecule has 5 nitrogen and oxygen atoms in total. The number of aromatic nitrogens is 2. The summed E-state index contributed by atoms with van der Waals surface area (Å²) in [6.07, 6.45) is 1.89. The topological polar surface area (TPSA) is 49.3 Å². The van der Waals surface area contributed by atoms with E-state index in [0.717, 1.165) is 12.1 Å². The minimum Gasteiger partial charge on any atom is -0.337 e. The summed E-state index contributed by atoms with van der Waals surface area (Å²) in [6.45, 7) is 2.33. The summed E-state index contributed by atoms with van der Waals surface area (Å²) in [6, 6.07) is 6.44. The Morgan fingerprint density at radius 3 is 2.19 bits per heavy atom. The molecule has 0 aliphatic carbocycles. The maximum atomic E-state index is 12.5. The number of benzene rings is 1. The molecule has 1 aliphatic rings. The highest BCUT2D eigenvalue weighted by molar-refractivity contribution is 5.91. The number of nitrogens with zero attached hydrogens (tertiary/aromatic N) is 4. The molecule has 0 N–H and O–H groups in total. The molecule has 0 bridgehead atoms. The second-order valence-corrected chi connectivity index (χ2v) is 5.81. The van der Waals surface area contributed by atoms with Crippen molar-refractivity contribution in [2.45, 2.75) is 6.18 Å². The Labute approximate surface area is 148 Å². The lowest BCUT2D eigenvalue weighted by atomic mass is 10.1. The molecule has 8 heteroatoms. The maximum absolute atomic E-state index is 12.5. The minimum atomic E-state index is -4.36. The first-order chi connectivity index (χ1) is 12.4. The Kier molecular flexibility index (Phi) is 5.20. The Bertz CT molecular complexity index is 767. The highest BCUT2D eigenvalue weighted by atomic mass is 19.4. The quantitative estimate of drug-likeness (QED) is 0.788. The first-order valence-electron chi connectivity index (χ1n) is 8.10. The van der Waals surface area contributed by atoms with E-state index in [0.29, 0.717) is 37.7 Å². The van der Waals surface area contributed by atoms with Crippen molar-refractivity contribution in [1.29, 1.82) is 0 Å². The molecule has 26 heavy (non-hydrogen) atoms. The average molecular weight is 362 g/mol. The van der Waals surface area contributed by atoms with Gasteiger partial charge in [0.05, 0.1) is 5.56 Å². The van der Waals surface area contributed by atoms with Crippen LogP contribution in [0.25, 0.3) is 6.08 Å². The number of rotatable bonds is 3. The van der Waals surface area contributed by atoms with Crippen LogP contribution in [0.1, 0.15) is 11.1 Å². The molecule has 2 aromatic rings. The zero-order valence-corrected chi connectivity index (χ0v) is 13.9. The van der Waals surface area contributed by atoms with E-state index < -0.39 is 11.7 Å². The van der Waals surface area contributed by atoms with Crippen LogP contribution in [-0.2, 0) is 11.0 Å². The predicted octanol–water partition coefficient (Wildman–Crippen LogP) is 2.86. The second kappa shape index (κ2) is 7.55. The molecule has 0 atom stereocenters. The fraction of sp³-hybridized carbons (Fsp3) is 0.278. The van der Waals surface area contributed by atoms with Gasteiger partial charge in [-0.15, -0.1) is 0 Å². The van der Waals surface area contributed by atoms with E-state index in [1.54, 1.807) is 23.4 Å². The molecule has 136 valence electrons. The van der Waals surface area contributed by atoms with Crippen molar-refractivity contribution in [1.82, 2.24) is 14.9 Å². The molecule has 1 aromatic heterocycles. The molecule has 2 heterocycles. The van der Waals surface area contributed by atoms with Crippen molar-refractivity contribution < 1.29 is 18.0 Å². The van der Waals surface area contributed by atoms with Crippen LogP contribution in [-0.4, -0.2) is 47.0 Å². The van der Waals surface area contributed by atoms with Crippen molar-refractivity contribution >= 4 is 17.9 Å². The molecule has 3 rings (SSSR count). The van der Waals surface area contributed by atoms with Crippen LogP contribution in [0, 0.1) is 0 Å². The summed E-state index contributed by atoms with van der Waals surface area (Å²) in [7, 11) is 0. The smallest absolute Gasteiger partial charge is 0.337 e. The lowest BCUT2D eigenvalue weighted by Crippen LogP contribution is -2.48. The van der Waals surface area contributed by atoms with Crippen molar-refractivity contribution in [3.8, 4) is 0 Å². The number of hydrogen-bond donors (Lipinski definition) is 0. The van der Waals surface area contributed by atoms with Crippen LogP contribution in [0.3, 0.4) is 0 Å². The maximum Gasteiger partial charge on any atom is 0.416 e. The summed E-state index contributed by atoms with van der Waals surface area (Å²) >= 11 is 0. The predicted molar refractivity (Wildman–Crippen MR) is 91.3 cm³/mol. The number of halogens is 3. The molecule has 0 spiro atoms. The Morgan fingerprint density at radius 2 is 1.62 bits per heavy atom. The fourth-order valence-electron chi connectivity index (χ4n) is 2.64. The highest BCUT2D eigenvalue weighted by Crippen LogP contribution is 2.29. The van der Waals surface area contributed by atoms with Gasteiger partial charge < -0.3 is 9.80 Å². The molecular formula is C18H17F3N4O. The summed E-state index contributed by atoms with van der Waals surface area (Å²) in [5, 5.41) is 0. The third-order valence-electron chi connectivity index (χ3n) is 4.08. The molecule has 0 saturated carbocycles. The van der Waals surface area contributed by atoms with Crippen LogP contribution >= 0.6 is 0 Å². The normalized spacial score (nSPS) is 15.5. The van der Waals surface area contributed by atoms with Gasteiger partial charge in [0.2, 0.25) is 11.9 Å². The van der Waals surface area contributed by atoms with E-state index in [9.17, 15) is 18.0 Å². The molecule has 1 fully saturated rings. The molecule has 0 radical (unpaired) electrons. The summed E-state index contributed by atoms with van der Waals surface area (Å²) < 4.78 is 37.6. The van der Waals surface area contributed by atoms with Crippen molar-refractivity contribution in [2.24, 2.45) is 0 Å². The molecule has 1 aliphatic heterocycles. The number of hydrogen-bond acceptors (Lipinski definition) is 4. The van der Waals surface area contributed by atoms with Gasteiger partial charge in [0.25, 0.3) is 0 Å². The van der Waals surface area contributed by atoms with E-state index in [-0.39, 0.29) is 5.91 Å². The zero-order valence-electron chi connectivity index (χ0n) is 13.9. The summed E-state index contributed by atoms with van der Waals surface area (Å²) in [5.41, 5.74) is -0.164. The van der Waals surface area contributed by atoms with E-state index in [4.69, 9.17) is 0 Å². The van der Waals surface area contributed by atoms with E-state index in [1.165, 1.54) is 24.3 Å². The van der Waals surface area contributed by atoms with Crippen LogP contribution in [0.4, 0.5) is 19.1 Å². The van der Waals surface area contributed by atoms with Gasteiger partial charge in [-0.2, -0.15) is 13.2 Å². The number of anilines is 1. The van der Waals surface area contributed by atoms with Crippen LogP contribution < -0.4 is 4.90 Å². The van der Waals surface area contributed by atoms with Gasteiger partial charge in [0, 0.05) is 44.6 Å². The largest absolute Gasteiger partial charge is 0.416 e. The monoisotopic (exact) mass is 362 g/mol. The van der Waals surface area contributed by atoms with Crippen LogP contribution in [0.5, 0.6) is 0 Å². The van der Waals surface area contributed by atoms with Gasteiger partial charge in [0.1, 0.15) is 0 Å². The third kappa shape index (κ3) is 4.38. The van der Waals surface area contributed by atoms with E-state index in [2.05, 4.69) is 9.97 Å². The molecule has 1 saturated heterocycles. The Balaban J connectivity index is 1.55. The number of carbonyl (C=O) groups excluding carboxylic acids is 1. The minimum absolute atomic E-state index is 0.168. The SMILES string of the molecule is O=C(/C=C/c1ccc(C(F)(F)F)cc1)N1CCN(c2ncccn2)CC1. The molecule has 1 amide bonds. The van der Waals surface area contributed by atoms with Gasteiger partial charge in [0.15, 0.2) is 0 Å². The lowest BCUT2D eigenvalue weighted by Gasteiger charge is -2.34. The number of alkyl halides is 3. The lowest BCUT2D eigenvalue weighted by molar-refractivity contribution is -0.137. The third-order valence-corrected chi connectivity index (χ3v) is 4.08. The summed E-state index contributed by atoms with van der Waals surface area (Å²) in [5.74, 6) is 0.471. The summed E-state index contributed by atoms with van der Waals surface area (Å²) in [4.78, 5) is 24.3. The van der Waals surface area contributed by atoms with Crippen molar-refractivity contribution in [2.75, 3.05) is 31.1 Å². The molecule has 1 aromatic carbocycles. The van der Waals surface area contributed by atoms with Crippen LogP contribution in [0.2, 0.25) is 0 Å². The Hall–Kier alpha value is -2.90. The van der Waals surface area contributed by atoms with E-state index >= 15 is 0 Å². The van der Waals surface area contributed by atoms with Gasteiger partial charge >= 0.3 is 6.18 Å². The fourth-order valence-corrected chi connectivity index (χ4v) is 2.64. The second-order valence-electron chi connectivity index (χ2n) is 5.81. The van der Waals surface area contributed by atoms with Gasteiger partial charge in [-0.3, -0.25) is 4.79 Å². The molecule has 0 unspecified atom stereocenters. The van der Waals surface area contributed by atoms with E-state index in [1.807, 2.05) is 4.90 Å². The van der Waals surface area contributed by atoms with Crippen LogP contribution in [0.15, 0.2) is 48.8 Å². The Morgan fingerprint density at radius 1 is 1.00 bits per heavy atom. The van der Waals surface area contributed by atoms with Gasteiger partial charge in [-0.25, -0.2) is 9.97 Å². The first kappa shape index (κ1) is 17.9. The van der Waals surface area contributed by atoms with Gasteiger partial charge in [-0.1, -0.05) is 12.1 Å². The molecular weight excluding hydrogens is 345 g/mol. The standard InChI is InChI=1S/C18H17F3N4O/c19-18(20,21)15-5-2-14(3-6-15)4-7-16(26)24-10-12-25(13-11-24)17-22-8-1-9-23-17/h1-9H,10-13H2/b7-4+. The number of piperazine rings is 1. The first-order valence-corrected chi connectivity index (χ1v) is 8.10. The highest BCUT2D eigenvalue weighted by Gasteiger charge is 2.29.